The molecule has 0 aliphatic carbocycles. The number of anilines is 1. The third kappa shape index (κ3) is 5.35. The number of aryl methyl sites for hydroxylation is 2. The molecule has 4 rings (SSSR count). The summed E-state index contributed by atoms with van der Waals surface area (Å²) in [6.45, 7) is 6.21. The third-order valence-electron chi connectivity index (χ3n) is 5.84. The van der Waals surface area contributed by atoms with Crippen LogP contribution in [-0.2, 0) is 9.59 Å². The van der Waals surface area contributed by atoms with Gasteiger partial charge in [0.2, 0.25) is 5.88 Å². The molecule has 1 aromatic heterocycles. The number of pyridine rings is 1. The molecule has 0 radical (unpaired) electrons. The minimum absolute atomic E-state index is 0.193. The van der Waals surface area contributed by atoms with Gasteiger partial charge in [-0.25, -0.2) is 9.99 Å². The first-order valence-corrected chi connectivity index (χ1v) is 11.6. The van der Waals surface area contributed by atoms with Gasteiger partial charge in [-0.2, -0.15) is 5.10 Å². The minimum Gasteiger partial charge on any atom is -0.494 e. The van der Waals surface area contributed by atoms with Gasteiger partial charge < -0.3 is 15.2 Å². The topological polar surface area (TPSA) is 122 Å². The van der Waals surface area contributed by atoms with Gasteiger partial charge in [0, 0.05) is 16.5 Å². The summed E-state index contributed by atoms with van der Waals surface area (Å²) in [7, 11) is 0. The number of hydrazone groups is 1. The van der Waals surface area contributed by atoms with E-state index in [-0.39, 0.29) is 11.4 Å². The molecule has 0 aliphatic rings. The molecule has 9 nitrogen and oxygen atoms in total. The molecule has 188 valence electrons. The van der Waals surface area contributed by atoms with E-state index in [2.05, 4.69) is 15.8 Å². The van der Waals surface area contributed by atoms with Gasteiger partial charge in [-0.15, -0.1) is 0 Å². The van der Waals surface area contributed by atoms with Crippen molar-refractivity contribution in [2.75, 3.05) is 11.9 Å². The summed E-state index contributed by atoms with van der Waals surface area (Å²) in [4.78, 5) is 37.8. The summed E-state index contributed by atoms with van der Waals surface area (Å²) in [5.41, 5.74) is 4.87. The zero-order valence-corrected chi connectivity index (χ0v) is 20.6. The third-order valence-corrected chi connectivity index (χ3v) is 5.84. The van der Waals surface area contributed by atoms with Crippen molar-refractivity contribution in [1.82, 2.24) is 9.99 Å². The lowest BCUT2D eigenvalue weighted by Crippen LogP contribution is -2.32. The first kappa shape index (κ1) is 25.2. The van der Waals surface area contributed by atoms with E-state index in [9.17, 15) is 19.5 Å². The van der Waals surface area contributed by atoms with Crippen LogP contribution in [-0.4, -0.2) is 34.3 Å². The molecule has 9 heteroatoms. The lowest BCUT2D eigenvalue weighted by atomic mass is 10.1. The Morgan fingerprint density at radius 2 is 1.68 bits per heavy atom. The van der Waals surface area contributed by atoms with Gasteiger partial charge >= 0.3 is 11.8 Å². The van der Waals surface area contributed by atoms with Crippen molar-refractivity contribution in [3.05, 3.63) is 93.8 Å². The molecule has 3 N–H and O–H groups in total. The molecule has 1 heterocycles. The molecule has 0 spiro atoms. The van der Waals surface area contributed by atoms with Crippen LogP contribution in [0.5, 0.6) is 11.6 Å². The smallest absolute Gasteiger partial charge is 0.329 e. The summed E-state index contributed by atoms with van der Waals surface area (Å²) in [6.07, 6.45) is 1.20. The van der Waals surface area contributed by atoms with E-state index in [4.69, 9.17) is 4.74 Å². The maximum absolute atomic E-state index is 13.2. The van der Waals surface area contributed by atoms with Gasteiger partial charge in [-0.3, -0.25) is 14.4 Å². The lowest BCUT2D eigenvalue weighted by Gasteiger charge is -2.14. The standard InChI is InChI=1S/C28H26N4O5/c1-4-37-21-13-11-20(12-14-21)32-27(35)23-8-6-5-7-22(23)24(28(32)36)16-29-31-26(34)25(33)30-19-10-9-17(2)18(3)15-19/h5-16,36H,4H2,1-3H3,(H,30,33)(H,31,34)/b29-16+. The number of nitrogens with one attached hydrogen (secondary N) is 2. The van der Waals surface area contributed by atoms with Crippen molar-refractivity contribution < 1.29 is 19.4 Å². The van der Waals surface area contributed by atoms with E-state index in [0.29, 0.717) is 34.5 Å². The van der Waals surface area contributed by atoms with Crippen molar-refractivity contribution >= 4 is 34.5 Å². The number of nitrogens with zero attached hydrogens (tertiary/aromatic N) is 2. The quantitative estimate of drug-likeness (QED) is 0.212. The highest BCUT2D eigenvalue weighted by atomic mass is 16.5. The first-order valence-electron chi connectivity index (χ1n) is 11.6. The molecule has 0 bridgehead atoms. The highest BCUT2D eigenvalue weighted by Gasteiger charge is 2.17. The molecular formula is C28H26N4O5. The van der Waals surface area contributed by atoms with Crippen molar-refractivity contribution in [2.45, 2.75) is 20.8 Å². The maximum Gasteiger partial charge on any atom is 0.329 e. The van der Waals surface area contributed by atoms with Crippen LogP contribution in [0.25, 0.3) is 16.5 Å². The van der Waals surface area contributed by atoms with E-state index >= 15 is 0 Å². The van der Waals surface area contributed by atoms with Gasteiger partial charge in [-0.05, 0) is 74.4 Å². The number of hydrogen-bond donors (Lipinski definition) is 3. The van der Waals surface area contributed by atoms with E-state index in [0.717, 1.165) is 15.7 Å². The van der Waals surface area contributed by atoms with Crippen LogP contribution in [0.1, 0.15) is 23.6 Å². The molecule has 37 heavy (non-hydrogen) atoms. The Morgan fingerprint density at radius 1 is 0.973 bits per heavy atom. The fourth-order valence-electron chi connectivity index (χ4n) is 3.80. The molecule has 0 atom stereocenters. The number of carbonyl (C=O) groups is 2. The summed E-state index contributed by atoms with van der Waals surface area (Å²) in [5.74, 6) is -1.62. The summed E-state index contributed by atoms with van der Waals surface area (Å²) >= 11 is 0. The second kappa shape index (κ2) is 10.8. The Morgan fingerprint density at radius 3 is 2.35 bits per heavy atom. The number of aromatic hydroxyl groups is 1. The first-order chi connectivity index (χ1) is 17.8. The number of aromatic nitrogens is 1. The Labute approximate surface area is 213 Å². The van der Waals surface area contributed by atoms with Gasteiger partial charge in [-0.1, -0.05) is 24.3 Å². The molecule has 0 saturated carbocycles. The van der Waals surface area contributed by atoms with Gasteiger partial charge in [0.1, 0.15) is 5.75 Å². The zero-order valence-electron chi connectivity index (χ0n) is 20.6. The number of ether oxygens (including phenoxy) is 1. The maximum atomic E-state index is 13.2. The average Bonchev–Trinajstić information content (AvgIpc) is 2.89. The molecule has 0 aliphatic heterocycles. The van der Waals surface area contributed by atoms with Crippen LogP contribution in [0.15, 0.2) is 76.6 Å². The minimum atomic E-state index is -0.988. The number of carbonyl (C=O) groups excluding carboxylic acids is 2. The number of amides is 2. The van der Waals surface area contributed by atoms with Crippen LogP contribution in [0.3, 0.4) is 0 Å². The Hall–Kier alpha value is -4.92. The van der Waals surface area contributed by atoms with Crippen LogP contribution >= 0.6 is 0 Å². The van der Waals surface area contributed by atoms with Gasteiger partial charge in [0.15, 0.2) is 0 Å². The SMILES string of the molecule is CCOc1ccc(-n2c(O)c(/C=N/NC(=O)C(=O)Nc3ccc(C)c(C)c3)c3ccccc3c2=O)cc1. The van der Waals surface area contributed by atoms with E-state index in [1.807, 2.05) is 26.8 Å². The molecule has 0 unspecified atom stereocenters. The van der Waals surface area contributed by atoms with Crippen LogP contribution < -0.4 is 21.0 Å². The Kier molecular flexibility index (Phi) is 7.34. The molecule has 0 fully saturated rings. The van der Waals surface area contributed by atoms with Crippen molar-refractivity contribution in [3.8, 4) is 17.3 Å². The normalized spacial score (nSPS) is 11.0. The summed E-state index contributed by atoms with van der Waals surface area (Å²) in [6, 6.07) is 18.7. The Bertz CT molecular complexity index is 1570. The van der Waals surface area contributed by atoms with Gasteiger partial charge in [0.05, 0.1) is 24.1 Å². The van der Waals surface area contributed by atoms with E-state index < -0.39 is 17.4 Å². The fraction of sp³-hybridized carbons (Fsp3) is 0.143. The second-order valence-corrected chi connectivity index (χ2v) is 8.30. The van der Waals surface area contributed by atoms with E-state index in [1.165, 1.54) is 6.21 Å². The average molecular weight is 499 g/mol. The predicted octanol–water partition coefficient (Wildman–Crippen LogP) is 3.80. The second-order valence-electron chi connectivity index (χ2n) is 8.30. The molecule has 3 aromatic carbocycles. The summed E-state index contributed by atoms with van der Waals surface area (Å²) in [5, 5.41) is 18.2. The monoisotopic (exact) mass is 498 g/mol. The lowest BCUT2D eigenvalue weighted by molar-refractivity contribution is -0.136. The van der Waals surface area contributed by atoms with Crippen molar-refractivity contribution in [2.24, 2.45) is 5.10 Å². The van der Waals surface area contributed by atoms with Crippen molar-refractivity contribution in [1.29, 1.82) is 0 Å². The molecule has 2 amide bonds. The number of hydrogen-bond acceptors (Lipinski definition) is 6. The van der Waals surface area contributed by atoms with Crippen LogP contribution in [0.2, 0.25) is 0 Å². The highest BCUT2D eigenvalue weighted by molar-refractivity contribution is 6.39. The Balaban J connectivity index is 1.62. The van der Waals surface area contributed by atoms with Crippen LogP contribution in [0.4, 0.5) is 5.69 Å². The molecular weight excluding hydrogens is 472 g/mol. The highest BCUT2D eigenvalue weighted by Crippen LogP contribution is 2.26. The number of fused-ring (bicyclic) bond motifs is 1. The zero-order chi connectivity index (χ0) is 26.5. The van der Waals surface area contributed by atoms with Gasteiger partial charge in [0.25, 0.3) is 5.56 Å². The van der Waals surface area contributed by atoms with Crippen LogP contribution in [0, 0.1) is 13.8 Å². The van der Waals surface area contributed by atoms with E-state index in [1.54, 1.807) is 60.7 Å². The number of rotatable bonds is 6. The molecule has 4 aromatic rings. The predicted molar refractivity (Wildman–Crippen MR) is 143 cm³/mol. The summed E-state index contributed by atoms with van der Waals surface area (Å²) < 4.78 is 6.60. The van der Waals surface area contributed by atoms with Crippen molar-refractivity contribution in [3.63, 3.8) is 0 Å². The largest absolute Gasteiger partial charge is 0.494 e. The fourth-order valence-corrected chi connectivity index (χ4v) is 3.80. The molecule has 0 saturated heterocycles. The number of benzene rings is 3.